The predicted octanol–water partition coefficient (Wildman–Crippen LogP) is 2.28. The summed E-state index contributed by atoms with van der Waals surface area (Å²) in [4.78, 5) is 23.2. The van der Waals surface area contributed by atoms with E-state index < -0.39 is 11.6 Å². The molecular weight excluding hydrogens is 328 g/mol. The number of nitrogens with one attached hydrogen (secondary N) is 2. The van der Waals surface area contributed by atoms with Crippen molar-refractivity contribution in [3.63, 3.8) is 0 Å². The molecule has 126 valence electrons. The van der Waals surface area contributed by atoms with Gasteiger partial charge in [-0.1, -0.05) is 0 Å². The summed E-state index contributed by atoms with van der Waals surface area (Å²) in [7, 11) is 0. The maximum Gasteiger partial charge on any atom is 0.253 e. The molecule has 2 aromatic heterocycles. The summed E-state index contributed by atoms with van der Waals surface area (Å²) in [6.45, 7) is 0.558. The van der Waals surface area contributed by atoms with E-state index in [1.165, 1.54) is 6.20 Å². The number of carbonyl (C=O) groups excluding carboxylic acids is 1. The number of hydrogen-bond donors (Lipinski definition) is 3. The van der Waals surface area contributed by atoms with Crippen molar-refractivity contribution >= 4 is 11.6 Å². The maximum absolute atomic E-state index is 14.1. The normalized spacial score (nSPS) is 13.4. The van der Waals surface area contributed by atoms with E-state index in [-0.39, 0.29) is 23.0 Å². The summed E-state index contributed by atoms with van der Waals surface area (Å²) in [5, 5.41) is 2.76. The molecule has 4 N–H and O–H groups in total. The van der Waals surface area contributed by atoms with Gasteiger partial charge in [0.1, 0.15) is 11.6 Å². The Bertz CT molecular complexity index is 975. The van der Waals surface area contributed by atoms with Crippen LogP contribution in [0, 0.1) is 11.6 Å². The molecule has 0 bridgehead atoms. The van der Waals surface area contributed by atoms with Gasteiger partial charge in [-0.3, -0.25) is 4.79 Å². The van der Waals surface area contributed by atoms with Gasteiger partial charge in [0, 0.05) is 30.5 Å². The molecule has 3 aromatic rings. The van der Waals surface area contributed by atoms with Crippen LogP contribution in [0.5, 0.6) is 0 Å². The van der Waals surface area contributed by atoms with E-state index in [2.05, 4.69) is 20.3 Å². The number of anilines is 1. The van der Waals surface area contributed by atoms with Crippen molar-refractivity contribution in [2.24, 2.45) is 0 Å². The Kier molecular flexibility index (Phi) is 3.45. The molecule has 0 aliphatic carbocycles. The zero-order valence-corrected chi connectivity index (χ0v) is 12.9. The Labute approximate surface area is 141 Å². The first kappa shape index (κ1) is 15.3. The highest BCUT2D eigenvalue weighted by Gasteiger charge is 2.21. The Morgan fingerprint density at radius 2 is 1.92 bits per heavy atom. The number of nitrogens with two attached hydrogens (primary N) is 1. The molecule has 3 heterocycles. The van der Waals surface area contributed by atoms with Crippen molar-refractivity contribution in [2.75, 3.05) is 12.3 Å². The fraction of sp³-hybridized carbons (Fsp3) is 0.118. The molecule has 0 atom stereocenters. The highest BCUT2D eigenvalue weighted by Crippen LogP contribution is 2.28. The third kappa shape index (κ3) is 2.61. The Morgan fingerprint density at radius 3 is 2.64 bits per heavy atom. The molecule has 1 aromatic carbocycles. The zero-order valence-electron chi connectivity index (χ0n) is 12.9. The van der Waals surface area contributed by atoms with E-state index in [1.54, 1.807) is 12.1 Å². The Morgan fingerprint density at radius 1 is 1.16 bits per heavy atom. The van der Waals surface area contributed by atoms with E-state index in [1.807, 2.05) is 0 Å². The predicted molar refractivity (Wildman–Crippen MR) is 87.6 cm³/mol. The average Bonchev–Trinajstić information content (AvgIpc) is 3.00. The molecule has 6 nitrogen and oxygen atoms in total. The maximum atomic E-state index is 14.1. The van der Waals surface area contributed by atoms with Crippen LogP contribution in [-0.4, -0.2) is 27.4 Å². The van der Waals surface area contributed by atoms with E-state index >= 15 is 0 Å². The summed E-state index contributed by atoms with van der Waals surface area (Å²) >= 11 is 0. The monoisotopic (exact) mass is 341 g/mol. The van der Waals surface area contributed by atoms with Crippen LogP contribution >= 0.6 is 0 Å². The van der Waals surface area contributed by atoms with Crippen molar-refractivity contribution in [2.45, 2.75) is 6.42 Å². The summed E-state index contributed by atoms with van der Waals surface area (Å²) < 4.78 is 28.2. The van der Waals surface area contributed by atoms with Gasteiger partial charge in [-0.05, 0) is 24.3 Å². The molecular formula is C17H13F2N5O. The summed E-state index contributed by atoms with van der Waals surface area (Å²) in [6, 6.07) is 5.32. The Balaban J connectivity index is 1.80. The lowest BCUT2D eigenvalue weighted by Gasteiger charge is -2.10. The number of carbonyl (C=O) groups is 1. The van der Waals surface area contributed by atoms with Gasteiger partial charge in [0.05, 0.1) is 22.5 Å². The van der Waals surface area contributed by atoms with Gasteiger partial charge in [-0.2, -0.15) is 0 Å². The van der Waals surface area contributed by atoms with Gasteiger partial charge in [0.2, 0.25) is 0 Å². The standard InChI is InChI=1S/C17H13F2N5O/c18-10-5-8(20)6-11(19)15(10)16-21-3-2-13(24-16)14-7-9-12(23-14)1-4-22-17(9)25/h2-3,5-7,23H,1,4,20H2,(H,22,25). The molecule has 0 saturated heterocycles. The van der Waals surface area contributed by atoms with Crippen LogP contribution in [0.1, 0.15) is 16.1 Å². The lowest BCUT2D eigenvalue weighted by molar-refractivity contribution is 0.0946. The third-order valence-corrected chi connectivity index (χ3v) is 4.02. The van der Waals surface area contributed by atoms with Crippen LogP contribution in [0.2, 0.25) is 0 Å². The second-order valence-corrected chi connectivity index (χ2v) is 5.71. The van der Waals surface area contributed by atoms with Crippen LogP contribution in [0.25, 0.3) is 22.8 Å². The average molecular weight is 341 g/mol. The molecule has 0 unspecified atom stereocenters. The first-order chi connectivity index (χ1) is 12.0. The van der Waals surface area contributed by atoms with E-state index in [9.17, 15) is 13.6 Å². The summed E-state index contributed by atoms with van der Waals surface area (Å²) in [5.41, 5.74) is 7.45. The number of rotatable bonds is 2. The van der Waals surface area contributed by atoms with Crippen LogP contribution in [0.3, 0.4) is 0 Å². The first-order valence-electron chi connectivity index (χ1n) is 7.61. The summed E-state index contributed by atoms with van der Waals surface area (Å²) in [5.74, 6) is -1.92. The van der Waals surface area contributed by atoms with E-state index in [0.717, 1.165) is 17.8 Å². The minimum absolute atomic E-state index is 0.0158. The molecule has 0 spiro atoms. The molecule has 4 rings (SSSR count). The number of hydrogen-bond acceptors (Lipinski definition) is 4. The first-order valence-corrected chi connectivity index (χ1v) is 7.61. The number of benzene rings is 1. The third-order valence-electron chi connectivity index (χ3n) is 4.02. The number of aromatic amines is 1. The minimum atomic E-state index is -0.834. The topological polar surface area (TPSA) is 96.7 Å². The summed E-state index contributed by atoms with van der Waals surface area (Å²) in [6.07, 6.45) is 2.09. The largest absolute Gasteiger partial charge is 0.399 e. The minimum Gasteiger partial charge on any atom is -0.399 e. The number of halogens is 2. The molecule has 8 heteroatoms. The number of H-pyrrole nitrogens is 1. The SMILES string of the molecule is Nc1cc(F)c(-c2nccc(-c3cc4c([nH]3)CCNC4=O)n2)c(F)c1. The van der Waals surface area contributed by atoms with Crippen molar-refractivity contribution in [1.29, 1.82) is 0 Å². The molecule has 0 fully saturated rings. The number of nitrogens with zero attached hydrogens (tertiary/aromatic N) is 2. The lowest BCUT2D eigenvalue weighted by Crippen LogP contribution is -2.31. The molecule has 1 aliphatic heterocycles. The second-order valence-electron chi connectivity index (χ2n) is 5.71. The van der Waals surface area contributed by atoms with Gasteiger partial charge >= 0.3 is 0 Å². The Hall–Kier alpha value is -3.29. The quantitative estimate of drug-likeness (QED) is 0.623. The van der Waals surface area contributed by atoms with Crippen LogP contribution in [-0.2, 0) is 6.42 Å². The highest BCUT2D eigenvalue weighted by atomic mass is 19.1. The number of aromatic nitrogens is 3. The van der Waals surface area contributed by atoms with Gasteiger partial charge < -0.3 is 16.0 Å². The number of fused-ring (bicyclic) bond motifs is 1. The molecule has 1 aliphatic rings. The molecule has 0 saturated carbocycles. The fourth-order valence-corrected chi connectivity index (χ4v) is 2.87. The van der Waals surface area contributed by atoms with Crippen LogP contribution in [0.4, 0.5) is 14.5 Å². The molecule has 1 amide bonds. The van der Waals surface area contributed by atoms with Crippen molar-refractivity contribution in [1.82, 2.24) is 20.3 Å². The van der Waals surface area contributed by atoms with Gasteiger partial charge in [-0.15, -0.1) is 0 Å². The van der Waals surface area contributed by atoms with E-state index in [0.29, 0.717) is 29.9 Å². The lowest BCUT2D eigenvalue weighted by atomic mass is 10.1. The van der Waals surface area contributed by atoms with Gasteiger partial charge in [-0.25, -0.2) is 18.7 Å². The number of amides is 1. The molecule has 0 radical (unpaired) electrons. The smallest absolute Gasteiger partial charge is 0.253 e. The van der Waals surface area contributed by atoms with Crippen molar-refractivity contribution < 1.29 is 13.6 Å². The zero-order chi connectivity index (χ0) is 17.6. The van der Waals surface area contributed by atoms with Crippen LogP contribution in [0.15, 0.2) is 30.5 Å². The fourth-order valence-electron chi connectivity index (χ4n) is 2.87. The van der Waals surface area contributed by atoms with Gasteiger partial charge in [0.15, 0.2) is 5.82 Å². The molecule has 25 heavy (non-hydrogen) atoms. The second kappa shape index (κ2) is 5.66. The van der Waals surface area contributed by atoms with Gasteiger partial charge in [0.25, 0.3) is 5.91 Å². The number of nitrogen functional groups attached to an aromatic ring is 1. The highest BCUT2D eigenvalue weighted by molar-refractivity contribution is 5.97. The van der Waals surface area contributed by atoms with E-state index in [4.69, 9.17) is 5.73 Å². The van der Waals surface area contributed by atoms with Crippen molar-refractivity contribution in [3.8, 4) is 22.8 Å². The van der Waals surface area contributed by atoms with Crippen LogP contribution < -0.4 is 11.1 Å². The van der Waals surface area contributed by atoms with Crippen molar-refractivity contribution in [3.05, 3.63) is 53.4 Å².